The summed E-state index contributed by atoms with van der Waals surface area (Å²) in [4.78, 5) is 7.10. The van der Waals surface area contributed by atoms with Gasteiger partial charge in [-0.3, -0.25) is 14.6 Å². The summed E-state index contributed by atoms with van der Waals surface area (Å²) in [5, 5.41) is 0. The summed E-state index contributed by atoms with van der Waals surface area (Å²) in [6, 6.07) is 13.6. The smallest absolute Gasteiger partial charge is 0.261 e. The van der Waals surface area contributed by atoms with Crippen LogP contribution in [0.15, 0.2) is 59.6 Å². The van der Waals surface area contributed by atoms with Gasteiger partial charge in [-0.1, -0.05) is 59.1 Å². The van der Waals surface area contributed by atoms with Crippen molar-refractivity contribution in [3.63, 3.8) is 0 Å². The average molecular weight is 554 g/mol. The number of rotatable bonds is 11. The third-order valence-electron chi connectivity index (χ3n) is 7.03. The van der Waals surface area contributed by atoms with Crippen LogP contribution in [0.3, 0.4) is 0 Å². The number of unbranched alkanes of at least 4 members (excludes halogenated alkanes) is 3. The van der Waals surface area contributed by atoms with Gasteiger partial charge in [0.25, 0.3) is 10.0 Å². The SMILES string of the molecule is CCCCCCOc1ccc(NS(=O)(=O)c2ccc3c(c2)CCN(Cc2ccc(C(C)(C)C)nc2)C3)c(F)c1. The molecule has 2 heterocycles. The molecule has 1 N–H and O–H groups in total. The van der Waals surface area contributed by atoms with Gasteiger partial charge in [0.1, 0.15) is 5.75 Å². The van der Waals surface area contributed by atoms with E-state index >= 15 is 0 Å². The predicted molar refractivity (Wildman–Crippen MR) is 154 cm³/mol. The molecule has 0 bridgehead atoms. The highest BCUT2D eigenvalue weighted by molar-refractivity contribution is 7.92. The fourth-order valence-corrected chi connectivity index (χ4v) is 5.82. The van der Waals surface area contributed by atoms with Crippen molar-refractivity contribution in [2.75, 3.05) is 17.9 Å². The molecule has 1 aliphatic rings. The van der Waals surface area contributed by atoms with E-state index in [-0.39, 0.29) is 16.0 Å². The Hall–Kier alpha value is -2.97. The summed E-state index contributed by atoms with van der Waals surface area (Å²) in [6.45, 7) is 11.4. The molecule has 0 aliphatic carbocycles. The monoisotopic (exact) mass is 553 g/mol. The standard InChI is InChI=1S/C31H40FN3O3S/c1-5-6-7-8-17-38-26-11-13-29(28(32)19-26)34-39(36,37)27-12-10-25-22-35(16-15-24(25)18-27)21-23-9-14-30(33-20-23)31(2,3)4/h9-14,18-20,34H,5-8,15-17,21-22H2,1-4H3. The number of aromatic nitrogens is 1. The van der Waals surface area contributed by atoms with E-state index in [4.69, 9.17) is 4.74 Å². The van der Waals surface area contributed by atoms with Crippen molar-refractivity contribution in [3.8, 4) is 5.75 Å². The third-order valence-corrected chi connectivity index (χ3v) is 8.39. The maximum absolute atomic E-state index is 14.7. The van der Waals surface area contributed by atoms with E-state index in [0.29, 0.717) is 12.4 Å². The van der Waals surface area contributed by atoms with Crippen molar-refractivity contribution in [1.29, 1.82) is 0 Å². The Balaban J connectivity index is 1.37. The molecule has 8 heteroatoms. The van der Waals surface area contributed by atoms with Gasteiger partial charge in [0, 0.05) is 43.0 Å². The summed E-state index contributed by atoms with van der Waals surface area (Å²) in [7, 11) is -3.94. The van der Waals surface area contributed by atoms with Gasteiger partial charge in [-0.25, -0.2) is 12.8 Å². The highest BCUT2D eigenvalue weighted by Crippen LogP contribution is 2.27. The Bertz CT molecular complexity index is 1370. The number of halogens is 1. The highest BCUT2D eigenvalue weighted by Gasteiger charge is 2.22. The van der Waals surface area contributed by atoms with Crippen LogP contribution in [0.25, 0.3) is 0 Å². The van der Waals surface area contributed by atoms with Gasteiger partial charge >= 0.3 is 0 Å². The molecule has 0 amide bonds. The van der Waals surface area contributed by atoms with Gasteiger partial charge in [-0.15, -0.1) is 0 Å². The highest BCUT2D eigenvalue weighted by atomic mass is 32.2. The van der Waals surface area contributed by atoms with Gasteiger partial charge < -0.3 is 4.74 Å². The molecule has 39 heavy (non-hydrogen) atoms. The van der Waals surface area contributed by atoms with Crippen molar-refractivity contribution < 1.29 is 17.5 Å². The number of benzene rings is 2. The second-order valence-electron chi connectivity index (χ2n) is 11.3. The largest absolute Gasteiger partial charge is 0.493 e. The molecule has 1 aromatic heterocycles. The Labute approximate surface area is 232 Å². The quantitative estimate of drug-likeness (QED) is 0.263. The van der Waals surface area contributed by atoms with Crippen LogP contribution in [0.2, 0.25) is 0 Å². The molecule has 0 saturated heterocycles. The zero-order valence-electron chi connectivity index (χ0n) is 23.5. The number of fused-ring (bicyclic) bond motifs is 1. The molecule has 0 saturated carbocycles. The number of nitrogens with one attached hydrogen (secondary N) is 1. The summed E-state index contributed by atoms with van der Waals surface area (Å²) < 4.78 is 48.8. The fraction of sp³-hybridized carbons (Fsp3) is 0.452. The van der Waals surface area contributed by atoms with E-state index in [0.717, 1.165) is 74.1 Å². The molecule has 0 radical (unpaired) electrons. The van der Waals surface area contributed by atoms with Gasteiger partial charge in [-0.2, -0.15) is 0 Å². The van der Waals surface area contributed by atoms with Crippen LogP contribution in [0.1, 0.15) is 75.8 Å². The predicted octanol–water partition coefficient (Wildman–Crippen LogP) is 6.84. The molecule has 4 rings (SSSR count). The maximum Gasteiger partial charge on any atom is 0.261 e. The summed E-state index contributed by atoms with van der Waals surface area (Å²) in [6.07, 6.45) is 6.94. The lowest BCUT2D eigenvalue weighted by atomic mass is 9.91. The lowest BCUT2D eigenvalue weighted by Gasteiger charge is -2.29. The van der Waals surface area contributed by atoms with Gasteiger partial charge in [-0.05, 0) is 59.9 Å². The van der Waals surface area contributed by atoms with Gasteiger partial charge in [0.05, 0.1) is 17.2 Å². The summed E-state index contributed by atoms with van der Waals surface area (Å²) in [5.74, 6) is -0.269. The Morgan fingerprint density at radius 3 is 2.54 bits per heavy atom. The third kappa shape index (κ3) is 7.79. The van der Waals surface area contributed by atoms with Gasteiger partial charge in [0.15, 0.2) is 5.82 Å². The van der Waals surface area contributed by atoms with Crippen molar-refractivity contribution in [2.45, 2.75) is 83.2 Å². The second kappa shape index (κ2) is 12.5. The first kappa shape index (κ1) is 29.0. The van der Waals surface area contributed by atoms with Crippen LogP contribution in [0.5, 0.6) is 5.75 Å². The lowest BCUT2D eigenvalue weighted by molar-refractivity contribution is 0.245. The molecule has 210 valence electrons. The number of sulfonamides is 1. The number of pyridine rings is 1. The van der Waals surface area contributed by atoms with E-state index in [2.05, 4.69) is 54.4 Å². The molecule has 2 aromatic carbocycles. The van der Waals surface area contributed by atoms with E-state index < -0.39 is 15.8 Å². The van der Waals surface area contributed by atoms with Crippen LogP contribution >= 0.6 is 0 Å². The molecule has 1 aliphatic heterocycles. The molecule has 0 unspecified atom stereocenters. The number of ether oxygens (including phenoxy) is 1. The minimum Gasteiger partial charge on any atom is -0.493 e. The number of anilines is 1. The maximum atomic E-state index is 14.7. The van der Waals surface area contributed by atoms with E-state index in [9.17, 15) is 12.8 Å². The first-order chi connectivity index (χ1) is 18.5. The van der Waals surface area contributed by atoms with E-state index in [1.807, 2.05) is 12.3 Å². The molecule has 0 atom stereocenters. The van der Waals surface area contributed by atoms with Crippen LogP contribution in [0.4, 0.5) is 10.1 Å². The van der Waals surface area contributed by atoms with Gasteiger partial charge in [0.2, 0.25) is 0 Å². The molecule has 0 fully saturated rings. The Morgan fingerprint density at radius 2 is 1.85 bits per heavy atom. The van der Waals surface area contributed by atoms with Crippen molar-refractivity contribution in [2.24, 2.45) is 0 Å². The minimum absolute atomic E-state index is 0.0205. The van der Waals surface area contributed by atoms with E-state index in [1.165, 1.54) is 12.1 Å². The van der Waals surface area contributed by atoms with E-state index in [1.54, 1.807) is 18.2 Å². The minimum atomic E-state index is -3.94. The molecule has 3 aromatic rings. The zero-order valence-corrected chi connectivity index (χ0v) is 24.3. The topological polar surface area (TPSA) is 71.5 Å². The number of nitrogens with zero attached hydrogens (tertiary/aromatic N) is 2. The molecule has 0 spiro atoms. The van der Waals surface area contributed by atoms with Crippen molar-refractivity contribution in [3.05, 3.63) is 82.9 Å². The van der Waals surface area contributed by atoms with Crippen molar-refractivity contribution >= 4 is 15.7 Å². The lowest BCUT2D eigenvalue weighted by Crippen LogP contribution is -2.30. The van der Waals surface area contributed by atoms with Crippen LogP contribution < -0.4 is 9.46 Å². The van der Waals surface area contributed by atoms with Crippen LogP contribution in [-0.2, 0) is 34.9 Å². The summed E-state index contributed by atoms with van der Waals surface area (Å²) in [5.41, 5.74) is 4.26. The Morgan fingerprint density at radius 1 is 1.03 bits per heavy atom. The van der Waals surface area contributed by atoms with Crippen LogP contribution in [-0.4, -0.2) is 31.5 Å². The summed E-state index contributed by atoms with van der Waals surface area (Å²) >= 11 is 0. The molecular formula is C31H40FN3O3S. The zero-order chi connectivity index (χ0) is 28.0. The normalized spacial score (nSPS) is 14.2. The number of hydrogen-bond donors (Lipinski definition) is 1. The fourth-order valence-electron chi connectivity index (χ4n) is 4.70. The molecule has 6 nitrogen and oxygen atoms in total. The first-order valence-corrected chi connectivity index (χ1v) is 15.3. The van der Waals surface area contributed by atoms with Crippen LogP contribution in [0, 0.1) is 5.82 Å². The number of hydrogen-bond acceptors (Lipinski definition) is 5. The first-order valence-electron chi connectivity index (χ1n) is 13.8. The average Bonchev–Trinajstić information content (AvgIpc) is 2.89. The Kier molecular flexibility index (Phi) is 9.28. The van der Waals surface area contributed by atoms with Crippen molar-refractivity contribution in [1.82, 2.24) is 9.88 Å². The molecular weight excluding hydrogens is 513 g/mol. The second-order valence-corrected chi connectivity index (χ2v) is 13.0.